The van der Waals surface area contributed by atoms with Gasteiger partial charge < -0.3 is 34.5 Å². The van der Waals surface area contributed by atoms with Crippen LogP contribution in [0.15, 0.2) is 36.0 Å². The van der Waals surface area contributed by atoms with E-state index in [2.05, 4.69) is 18.3 Å². The number of ether oxygens (including phenoxy) is 4. The lowest BCUT2D eigenvalue weighted by Crippen LogP contribution is -2.50. The zero-order chi connectivity index (χ0) is 32.7. The summed E-state index contributed by atoms with van der Waals surface area (Å²) >= 11 is 0. The summed E-state index contributed by atoms with van der Waals surface area (Å²) in [5, 5.41) is 23.7. The average Bonchev–Trinajstić information content (AvgIpc) is 3.74. The summed E-state index contributed by atoms with van der Waals surface area (Å²) in [6.45, 7) is 9.58. The summed E-state index contributed by atoms with van der Waals surface area (Å²) in [7, 11) is 0. The fourth-order valence-electron chi connectivity index (χ4n) is 6.89. The fraction of sp³-hybridized carbons (Fsp3) is 0.743. The number of ketones is 1. The lowest BCUT2D eigenvalue weighted by atomic mass is 9.82. The van der Waals surface area contributed by atoms with Crippen LogP contribution in [0.4, 0.5) is 0 Å². The van der Waals surface area contributed by atoms with Crippen molar-refractivity contribution in [2.24, 2.45) is 11.8 Å². The molecule has 9 atom stereocenters. The van der Waals surface area contributed by atoms with Gasteiger partial charge in [0.05, 0.1) is 37.1 Å². The summed E-state index contributed by atoms with van der Waals surface area (Å²) in [6, 6.07) is -0.125. The van der Waals surface area contributed by atoms with E-state index in [1.807, 2.05) is 26.0 Å². The van der Waals surface area contributed by atoms with E-state index in [1.165, 1.54) is 13.0 Å². The summed E-state index contributed by atoms with van der Waals surface area (Å²) in [6.07, 6.45) is 12.5. The second-order valence-electron chi connectivity index (χ2n) is 13.8. The van der Waals surface area contributed by atoms with Crippen LogP contribution in [0.25, 0.3) is 0 Å². The fourth-order valence-corrected chi connectivity index (χ4v) is 6.89. The van der Waals surface area contributed by atoms with Crippen LogP contribution in [0.3, 0.4) is 0 Å². The van der Waals surface area contributed by atoms with Gasteiger partial charge in [-0.25, -0.2) is 0 Å². The number of hydrogen-bond donors (Lipinski definition) is 3. The van der Waals surface area contributed by atoms with E-state index in [0.717, 1.165) is 37.7 Å². The lowest BCUT2D eigenvalue weighted by Gasteiger charge is -2.39. The van der Waals surface area contributed by atoms with Gasteiger partial charge >= 0.3 is 5.97 Å². The minimum Gasteiger partial charge on any atom is -0.459 e. The number of Topliss-reactive ketones (excluding diaryl/α,β-unsaturated/α-hetero) is 1. The molecular formula is C35H53NO9. The Balaban J connectivity index is 1.25. The minimum absolute atomic E-state index is 0.00138. The quantitative estimate of drug-likeness (QED) is 0.127. The first-order chi connectivity index (χ1) is 21.3. The van der Waals surface area contributed by atoms with Crippen molar-refractivity contribution < 1.29 is 43.5 Å². The standard InChI is InChI=1S/C35H53NO9/c1-21(6-13-31-22(2)16-30(24(4)44-31)36-33(40)15-8-23(3)43-25(5)37)7-14-32-34(41)35(20-42-35)19-29(45-32)18-28(39)17-26-9-11-27(38)12-10-26/h6-8,14-15,22-24,26-27,29-32,34,38,41H,9-13,16-20H2,1-5H3,(H,36,40)/b14-7+,15-8-,21-6+/t22-,23-,24+,26?,27?,29+,30+,31-,32+,34+,35+/m0/s1. The van der Waals surface area contributed by atoms with E-state index in [-0.39, 0.29) is 48.1 Å². The number of epoxide rings is 1. The molecule has 0 unspecified atom stereocenters. The Hall–Kier alpha value is -2.37. The number of hydrogen-bond acceptors (Lipinski definition) is 9. The Kier molecular flexibility index (Phi) is 12.6. The van der Waals surface area contributed by atoms with E-state index in [9.17, 15) is 24.6 Å². The van der Waals surface area contributed by atoms with Gasteiger partial charge in [0, 0.05) is 32.3 Å². The minimum atomic E-state index is -0.790. The second-order valence-corrected chi connectivity index (χ2v) is 13.8. The molecule has 3 saturated heterocycles. The summed E-state index contributed by atoms with van der Waals surface area (Å²) < 4.78 is 23.2. The first-order valence-electron chi connectivity index (χ1n) is 16.7. The third-order valence-corrected chi connectivity index (χ3v) is 9.71. The van der Waals surface area contributed by atoms with Crippen LogP contribution in [0.5, 0.6) is 0 Å². The molecule has 45 heavy (non-hydrogen) atoms. The summed E-state index contributed by atoms with van der Waals surface area (Å²) in [5.74, 6) is 0.0847. The van der Waals surface area contributed by atoms with Crippen molar-refractivity contribution in [1.29, 1.82) is 0 Å². The topological polar surface area (TPSA) is 144 Å². The zero-order valence-electron chi connectivity index (χ0n) is 27.5. The van der Waals surface area contributed by atoms with Crippen molar-refractivity contribution >= 4 is 17.7 Å². The second kappa shape index (κ2) is 16.0. The molecule has 4 fully saturated rings. The molecule has 1 spiro atoms. The molecule has 4 aliphatic rings. The molecule has 0 aromatic rings. The van der Waals surface area contributed by atoms with Crippen LogP contribution in [-0.2, 0) is 33.3 Å². The van der Waals surface area contributed by atoms with Crippen LogP contribution in [0.2, 0.25) is 0 Å². The Bertz CT molecular complexity index is 1120. The first-order valence-corrected chi connectivity index (χ1v) is 16.7. The predicted octanol–water partition coefficient (Wildman–Crippen LogP) is 3.87. The highest BCUT2D eigenvalue weighted by Crippen LogP contribution is 2.43. The number of amides is 1. The third kappa shape index (κ3) is 10.6. The maximum Gasteiger partial charge on any atom is 0.303 e. The molecular weight excluding hydrogens is 578 g/mol. The van der Waals surface area contributed by atoms with Crippen LogP contribution < -0.4 is 5.32 Å². The molecule has 3 aliphatic heterocycles. The van der Waals surface area contributed by atoms with Gasteiger partial charge in [-0.15, -0.1) is 0 Å². The van der Waals surface area contributed by atoms with Gasteiger partial charge in [-0.05, 0) is 77.2 Å². The first kappa shape index (κ1) is 35.5. The van der Waals surface area contributed by atoms with Gasteiger partial charge in [0.2, 0.25) is 5.91 Å². The Morgan fingerprint density at radius 1 is 1.04 bits per heavy atom. The number of carbonyl (C=O) groups excluding carboxylic acids is 3. The van der Waals surface area contributed by atoms with Crippen LogP contribution in [0, 0.1) is 11.8 Å². The molecule has 1 aliphatic carbocycles. The molecule has 1 amide bonds. The van der Waals surface area contributed by atoms with Crippen molar-refractivity contribution in [3.8, 4) is 0 Å². The molecule has 0 radical (unpaired) electrons. The Morgan fingerprint density at radius 3 is 2.42 bits per heavy atom. The molecule has 4 rings (SSSR count). The number of aliphatic hydroxyl groups excluding tert-OH is 2. The zero-order valence-corrected chi connectivity index (χ0v) is 27.5. The monoisotopic (exact) mass is 631 g/mol. The molecule has 0 aromatic heterocycles. The smallest absolute Gasteiger partial charge is 0.303 e. The molecule has 10 heteroatoms. The van der Waals surface area contributed by atoms with Gasteiger partial charge in [-0.1, -0.05) is 30.7 Å². The van der Waals surface area contributed by atoms with Crippen molar-refractivity contribution in [3.63, 3.8) is 0 Å². The van der Waals surface area contributed by atoms with E-state index in [4.69, 9.17) is 18.9 Å². The molecule has 3 N–H and O–H groups in total. The van der Waals surface area contributed by atoms with E-state index in [1.54, 1.807) is 13.0 Å². The van der Waals surface area contributed by atoms with Crippen LogP contribution >= 0.6 is 0 Å². The Labute approximate surface area is 267 Å². The van der Waals surface area contributed by atoms with Gasteiger partial charge in [0.1, 0.15) is 29.7 Å². The third-order valence-electron chi connectivity index (χ3n) is 9.71. The summed E-state index contributed by atoms with van der Waals surface area (Å²) in [4.78, 5) is 36.3. The maximum absolute atomic E-state index is 12.9. The normalized spacial score (nSPS) is 37.9. The summed E-state index contributed by atoms with van der Waals surface area (Å²) in [5.41, 5.74) is 0.384. The number of allylic oxidation sites excluding steroid dienone is 2. The van der Waals surface area contributed by atoms with Crippen molar-refractivity contribution in [1.82, 2.24) is 5.32 Å². The maximum atomic E-state index is 12.9. The van der Waals surface area contributed by atoms with Crippen molar-refractivity contribution in [2.45, 2.75) is 147 Å². The van der Waals surface area contributed by atoms with Crippen molar-refractivity contribution in [3.05, 3.63) is 36.0 Å². The predicted molar refractivity (Wildman–Crippen MR) is 168 cm³/mol. The SMILES string of the molecule is CC(=O)O[C@@H](C)/C=C\C(=O)N[C@@H]1C[C@H](C)[C@H](C/C=C(C)/C=C/[C@H]2O[C@H](CC(=O)CC3CCC(O)CC3)C[C@@]3(CO3)[C@@H]2O)O[C@@H]1C. The molecule has 3 heterocycles. The number of aliphatic hydroxyl groups is 2. The highest BCUT2D eigenvalue weighted by atomic mass is 16.6. The Morgan fingerprint density at radius 2 is 1.76 bits per heavy atom. The van der Waals surface area contributed by atoms with E-state index >= 15 is 0 Å². The molecule has 252 valence electrons. The lowest BCUT2D eigenvalue weighted by molar-refractivity contribution is -0.145. The largest absolute Gasteiger partial charge is 0.459 e. The van der Waals surface area contributed by atoms with Crippen LogP contribution in [-0.4, -0.2) is 88.9 Å². The van der Waals surface area contributed by atoms with E-state index < -0.39 is 29.9 Å². The number of carbonyl (C=O) groups is 3. The molecule has 0 bridgehead atoms. The van der Waals surface area contributed by atoms with Gasteiger partial charge in [0.15, 0.2) is 0 Å². The van der Waals surface area contributed by atoms with Gasteiger partial charge in [-0.2, -0.15) is 0 Å². The highest BCUT2D eigenvalue weighted by molar-refractivity contribution is 5.87. The number of nitrogens with one attached hydrogen (secondary N) is 1. The number of rotatable bonds is 12. The molecule has 0 aromatic carbocycles. The van der Waals surface area contributed by atoms with Gasteiger partial charge in [0.25, 0.3) is 0 Å². The molecule has 1 saturated carbocycles. The average molecular weight is 632 g/mol. The van der Waals surface area contributed by atoms with E-state index in [0.29, 0.717) is 38.2 Å². The number of esters is 1. The van der Waals surface area contributed by atoms with Crippen LogP contribution in [0.1, 0.15) is 92.4 Å². The molecule has 10 nitrogen and oxygen atoms in total. The van der Waals surface area contributed by atoms with Crippen molar-refractivity contribution in [2.75, 3.05) is 6.61 Å². The van der Waals surface area contributed by atoms with Gasteiger partial charge in [-0.3, -0.25) is 14.4 Å². The highest BCUT2D eigenvalue weighted by Gasteiger charge is 2.58.